The summed E-state index contributed by atoms with van der Waals surface area (Å²) in [6.07, 6.45) is 6.86. The van der Waals surface area contributed by atoms with Crippen molar-refractivity contribution < 1.29 is 4.79 Å². The van der Waals surface area contributed by atoms with Crippen molar-refractivity contribution >= 4 is 23.2 Å². The maximum atomic E-state index is 12.7. The lowest BCUT2D eigenvalue weighted by molar-refractivity contribution is 0.102. The highest BCUT2D eigenvalue weighted by molar-refractivity contribution is 6.30. The lowest BCUT2D eigenvalue weighted by atomic mass is 10.2. The van der Waals surface area contributed by atoms with Gasteiger partial charge in [0.05, 0.1) is 29.5 Å². The molecule has 7 heteroatoms. The highest BCUT2D eigenvalue weighted by atomic mass is 35.5. The van der Waals surface area contributed by atoms with Crippen LogP contribution in [0.25, 0.3) is 11.4 Å². The molecule has 0 unspecified atom stereocenters. The van der Waals surface area contributed by atoms with E-state index < -0.39 is 0 Å². The largest absolute Gasteiger partial charge is 0.322 e. The van der Waals surface area contributed by atoms with E-state index in [1.54, 1.807) is 35.5 Å². The predicted molar refractivity (Wildman–Crippen MR) is 105 cm³/mol. The van der Waals surface area contributed by atoms with Crippen molar-refractivity contribution in [3.8, 4) is 11.4 Å². The summed E-state index contributed by atoms with van der Waals surface area (Å²) in [5.74, 6) is -0.212. The molecule has 2 aromatic heterocycles. The fourth-order valence-corrected chi connectivity index (χ4v) is 3.01. The van der Waals surface area contributed by atoms with E-state index in [0.717, 1.165) is 17.1 Å². The summed E-state index contributed by atoms with van der Waals surface area (Å²) in [6.45, 7) is 1.85. The van der Waals surface area contributed by atoms with E-state index in [-0.39, 0.29) is 5.91 Å². The molecule has 0 spiro atoms. The average Bonchev–Trinajstić information content (AvgIpc) is 3.32. The lowest BCUT2D eigenvalue weighted by Gasteiger charge is -2.08. The number of anilines is 1. The molecule has 1 N–H and O–H groups in total. The van der Waals surface area contributed by atoms with Crippen LogP contribution in [0.5, 0.6) is 0 Å². The Kier molecular flexibility index (Phi) is 4.48. The molecular weight excluding hydrogens is 362 g/mol. The maximum absolute atomic E-state index is 12.7. The van der Waals surface area contributed by atoms with Gasteiger partial charge in [0.15, 0.2) is 0 Å². The Hall–Kier alpha value is -3.38. The summed E-state index contributed by atoms with van der Waals surface area (Å²) in [5.41, 5.74) is 3.73. The van der Waals surface area contributed by atoms with Crippen molar-refractivity contribution in [2.24, 2.45) is 0 Å². The molecule has 0 atom stereocenters. The molecule has 27 heavy (non-hydrogen) atoms. The molecule has 4 rings (SSSR count). The Balaban J connectivity index is 1.54. The summed E-state index contributed by atoms with van der Waals surface area (Å²) in [7, 11) is 0. The molecule has 6 nitrogen and oxygen atoms in total. The lowest BCUT2D eigenvalue weighted by Crippen LogP contribution is -2.13. The number of rotatable bonds is 4. The number of amides is 1. The SMILES string of the molecule is Cc1c(C(=O)Nc2ccc(-n3ccnc3)cc2)cnn1-c1cccc(Cl)c1. The topological polar surface area (TPSA) is 64.7 Å². The van der Waals surface area contributed by atoms with Gasteiger partial charge in [-0.1, -0.05) is 17.7 Å². The van der Waals surface area contributed by atoms with Crippen LogP contribution in [0.4, 0.5) is 5.69 Å². The average molecular weight is 378 g/mol. The zero-order valence-corrected chi connectivity index (χ0v) is 15.3. The monoisotopic (exact) mass is 377 g/mol. The molecule has 0 bridgehead atoms. The minimum Gasteiger partial charge on any atom is -0.322 e. The Morgan fingerprint density at radius 3 is 2.63 bits per heavy atom. The second kappa shape index (κ2) is 7.09. The third kappa shape index (κ3) is 3.47. The maximum Gasteiger partial charge on any atom is 0.259 e. The summed E-state index contributed by atoms with van der Waals surface area (Å²) in [5, 5.41) is 7.85. The zero-order valence-electron chi connectivity index (χ0n) is 14.5. The molecule has 0 aliphatic heterocycles. The van der Waals surface area contributed by atoms with Gasteiger partial charge in [-0.2, -0.15) is 5.10 Å². The van der Waals surface area contributed by atoms with Gasteiger partial charge in [0.2, 0.25) is 0 Å². The van der Waals surface area contributed by atoms with Gasteiger partial charge in [0, 0.05) is 28.8 Å². The van der Waals surface area contributed by atoms with Crippen LogP contribution in [0.2, 0.25) is 5.02 Å². The number of aromatic nitrogens is 4. The summed E-state index contributed by atoms with van der Waals surface area (Å²) in [6, 6.07) is 14.9. The highest BCUT2D eigenvalue weighted by Gasteiger charge is 2.15. The smallest absolute Gasteiger partial charge is 0.259 e. The summed E-state index contributed by atoms with van der Waals surface area (Å²) >= 11 is 6.05. The van der Waals surface area contributed by atoms with Crippen molar-refractivity contribution in [2.45, 2.75) is 6.92 Å². The van der Waals surface area contributed by atoms with E-state index in [1.807, 2.05) is 54.1 Å². The van der Waals surface area contributed by atoms with Crippen molar-refractivity contribution in [2.75, 3.05) is 5.32 Å². The molecule has 0 saturated carbocycles. The Morgan fingerprint density at radius 1 is 1.11 bits per heavy atom. The third-order valence-electron chi connectivity index (χ3n) is 4.23. The number of carbonyl (C=O) groups excluding carboxylic acids is 1. The van der Waals surface area contributed by atoms with Gasteiger partial charge in [-0.05, 0) is 49.4 Å². The fourth-order valence-electron chi connectivity index (χ4n) is 2.83. The molecule has 1 amide bonds. The van der Waals surface area contributed by atoms with Crippen molar-refractivity contribution in [1.29, 1.82) is 0 Å². The van der Waals surface area contributed by atoms with Crippen molar-refractivity contribution in [3.63, 3.8) is 0 Å². The van der Waals surface area contributed by atoms with Gasteiger partial charge in [-0.25, -0.2) is 9.67 Å². The van der Waals surface area contributed by atoms with Gasteiger partial charge in [-0.3, -0.25) is 4.79 Å². The molecule has 0 aliphatic rings. The van der Waals surface area contributed by atoms with Gasteiger partial charge < -0.3 is 9.88 Å². The molecule has 0 saturated heterocycles. The van der Waals surface area contributed by atoms with Crippen molar-refractivity contribution in [1.82, 2.24) is 19.3 Å². The van der Waals surface area contributed by atoms with E-state index >= 15 is 0 Å². The summed E-state index contributed by atoms with van der Waals surface area (Å²) in [4.78, 5) is 16.7. The fraction of sp³-hybridized carbons (Fsp3) is 0.0500. The van der Waals surface area contributed by atoms with E-state index in [2.05, 4.69) is 15.4 Å². The Bertz CT molecular complexity index is 1080. The first kappa shape index (κ1) is 17.1. The number of halogens is 1. The first-order valence-corrected chi connectivity index (χ1v) is 8.70. The molecule has 0 fully saturated rings. The standard InChI is InChI=1S/C20H16ClN5O/c1-14-19(12-23-26(14)18-4-2-3-15(21)11-18)20(27)24-16-5-7-17(8-6-16)25-10-9-22-13-25/h2-13H,1H3,(H,24,27). The van der Waals surface area contributed by atoms with Crippen LogP contribution in [0.1, 0.15) is 16.1 Å². The second-order valence-electron chi connectivity index (χ2n) is 6.01. The van der Waals surface area contributed by atoms with Crippen LogP contribution < -0.4 is 5.32 Å². The molecular formula is C20H16ClN5O. The van der Waals surface area contributed by atoms with Crippen LogP contribution in [0, 0.1) is 6.92 Å². The highest BCUT2D eigenvalue weighted by Crippen LogP contribution is 2.19. The second-order valence-corrected chi connectivity index (χ2v) is 6.44. The van der Waals surface area contributed by atoms with Crippen LogP contribution >= 0.6 is 11.6 Å². The number of nitrogens with one attached hydrogen (secondary N) is 1. The molecule has 0 radical (unpaired) electrons. The number of imidazole rings is 1. The molecule has 0 aliphatic carbocycles. The van der Waals surface area contributed by atoms with Crippen LogP contribution in [-0.4, -0.2) is 25.2 Å². The number of hydrogen-bond acceptors (Lipinski definition) is 3. The molecule has 2 heterocycles. The van der Waals surface area contributed by atoms with Crippen molar-refractivity contribution in [3.05, 3.63) is 89.7 Å². The van der Waals surface area contributed by atoms with E-state index in [4.69, 9.17) is 11.6 Å². The minimum absolute atomic E-state index is 0.212. The van der Waals surface area contributed by atoms with Gasteiger partial charge in [0.25, 0.3) is 5.91 Å². The van der Waals surface area contributed by atoms with Crippen LogP contribution in [0.15, 0.2) is 73.4 Å². The first-order valence-electron chi connectivity index (χ1n) is 8.32. The Morgan fingerprint density at radius 2 is 1.93 bits per heavy atom. The molecule has 4 aromatic rings. The van der Waals surface area contributed by atoms with E-state index in [1.165, 1.54) is 0 Å². The Labute approximate surface area is 161 Å². The predicted octanol–water partition coefficient (Wildman–Crippen LogP) is 4.27. The van der Waals surface area contributed by atoms with Crippen LogP contribution in [0.3, 0.4) is 0 Å². The minimum atomic E-state index is -0.212. The summed E-state index contributed by atoms with van der Waals surface area (Å²) < 4.78 is 3.59. The van der Waals surface area contributed by atoms with Gasteiger partial charge in [0.1, 0.15) is 0 Å². The number of nitrogens with zero attached hydrogens (tertiary/aromatic N) is 4. The van der Waals surface area contributed by atoms with E-state index in [9.17, 15) is 4.79 Å². The zero-order chi connectivity index (χ0) is 18.8. The number of carbonyl (C=O) groups is 1. The quantitative estimate of drug-likeness (QED) is 0.577. The third-order valence-corrected chi connectivity index (χ3v) is 4.47. The van der Waals surface area contributed by atoms with Gasteiger partial charge >= 0.3 is 0 Å². The van der Waals surface area contributed by atoms with Gasteiger partial charge in [-0.15, -0.1) is 0 Å². The number of benzene rings is 2. The normalized spacial score (nSPS) is 10.7. The molecule has 134 valence electrons. The number of hydrogen-bond donors (Lipinski definition) is 1. The first-order chi connectivity index (χ1) is 13.1. The van der Waals surface area contributed by atoms with Crippen LogP contribution in [-0.2, 0) is 0 Å². The molecule has 2 aromatic carbocycles. The van der Waals surface area contributed by atoms with E-state index in [0.29, 0.717) is 16.3 Å².